The molecule has 0 radical (unpaired) electrons. The van der Waals surface area contributed by atoms with Crippen LogP contribution in [-0.4, -0.2) is 46.9 Å². The summed E-state index contributed by atoms with van der Waals surface area (Å²) in [6.45, 7) is 0.970. The average molecular weight is 220 g/mol. The molecule has 88 valence electrons. The molecular formula is C8H16N2O5. The summed E-state index contributed by atoms with van der Waals surface area (Å²) >= 11 is 0. The summed E-state index contributed by atoms with van der Waals surface area (Å²) in [5.41, 5.74) is 9.56. The van der Waals surface area contributed by atoms with E-state index in [1.54, 1.807) is 0 Å². The standard InChI is InChI=1S/C8H16N2O5/c1-8(10,3-11)4-15-6(12)2-5(9)7(13)14/h5,11H,2-4,9-10H2,1H3,(H,13,14)/t5-,8?/m0/s1. The van der Waals surface area contributed by atoms with E-state index in [0.29, 0.717) is 0 Å². The van der Waals surface area contributed by atoms with E-state index in [0.717, 1.165) is 0 Å². The first-order valence-electron chi connectivity index (χ1n) is 4.32. The highest BCUT2D eigenvalue weighted by Crippen LogP contribution is 2.00. The summed E-state index contributed by atoms with van der Waals surface area (Å²) in [6, 6.07) is -1.28. The maximum atomic E-state index is 11.0. The Hall–Kier alpha value is -1.18. The fourth-order valence-electron chi connectivity index (χ4n) is 0.617. The first kappa shape index (κ1) is 13.8. The predicted octanol–water partition coefficient (Wildman–Crippen LogP) is -1.96. The lowest BCUT2D eigenvalue weighted by Crippen LogP contribution is -2.46. The molecule has 0 bridgehead atoms. The molecule has 7 heteroatoms. The summed E-state index contributed by atoms with van der Waals surface area (Å²) in [4.78, 5) is 21.3. The Kier molecular flexibility index (Phi) is 5.20. The third kappa shape index (κ3) is 6.00. The molecule has 0 aromatic carbocycles. The van der Waals surface area contributed by atoms with Gasteiger partial charge in [0.05, 0.1) is 18.6 Å². The number of esters is 1. The number of ether oxygens (including phenoxy) is 1. The van der Waals surface area contributed by atoms with Crippen LogP contribution in [-0.2, 0) is 14.3 Å². The summed E-state index contributed by atoms with van der Waals surface area (Å²) in [5.74, 6) is -2.03. The van der Waals surface area contributed by atoms with Crippen molar-refractivity contribution >= 4 is 11.9 Å². The number of carboxylic acids is 1. The van der Waals surface area contributed by atoms with Gasteiger partial charge in [0, 0.05) is 0 Å². The number of aliphatic hydroxyl groups is 1. The quantitative estimate of drug-likeness (QED) is 0.381. The molecule has 0 spiro atoms. The Bertz CT molecular complexity index is 241. The van der Waals surface area contributed by atoms with Gasteiger partial charge >= 0.3 is 11.9 Å². The molecule has 0 heterocycles. The van der Waals surface area contributed by atoms with Crippen LogP contribution in [0.2, 0.25) is 0 Å². The first-order chi connectivity index (χ1) is 6.78. The third-order valence-corrected chi connectivity index (χ3v) is 1.63. The van der Waals surface area contributed by atoms with E-state index < -0.39 is 29.9 Å². The van der Waals surface area contributed by atoms with Gasteiger partial charge in [-0.2, -0.15) is 0 Å². The molecule has 0 aromatic rings. The van der Waals surface area contributed by atoms with Crippen LogP contribution in [0.1, 0.15) is 13.3 Å². The molecule has 0 aliphatic rings. The van der Waals surface area contributed by atoms with Crippen LogP contribution in [0, 0.1) is 0 Å². The van der Waals surface area contributed by atoms with Crippen LogP contribution in [0.5, 0.6) is 0 Å². The van der Waals surface area contributed by atoms with Gasteiger partial charge in [-0.3, -0.25) is 9.59 Å². The molecule has 0 amide bonds. The topological polar surface area (TPSA) is 136 Å². The van der Waals surface area contributed by atoms with Crippen LogP contribution >= 0.6 is 0 Å². The Morgan fingerprint density at radius 2 is 2.07 bits per heavy atom. The Morgan fingerprint density at radius 1 is 1.53 bits per heavy atom. The van der Waals surface area contributed by atoms with Crippen LogP contribution in [0.15, 0.2) is 0 Å². The monoisotopic (exact) mass is 220 g/mol. The van der Waals surface area contributed by atoms with E-state index in [9.17, 15) is 9.59 Å². The lowest BCUT2D eigenvalue weighted by atomic mass is 10.1. The summed E-state index contributed by atoms with van der Waals surface area (Å²) in [7, 11) is 0. The van der Waals surface area contributed by atoms with Crippen LogP contribution in [0.25, 0.3) is 0 Å². The lowest BCUT2D eigenvalue weighted by Gasteiger charge is -2.21. The highest BCUT2D eigenvalue weighted by atomic mass is 16.5. The van der Waals surface area contributed by atoms with Gasteiger partial charge < -0.3 is 26.4 Å². The number of aliphatic carboxylic acids is 1. The van der Waals surface area contributed by atoms with Crippen molar-refractivity contribution in [3.05, 3.63) is 0 Å². The molecule has 0 rings (SSSR count). The van der Waals surface area contributed by atoms with E-state index in [-0.39, 0.29) is 13.2 Å². The summed E-state index contributed by atoms with van der Waals surface area (Å²) < 4.78 is 4.65. The molecule has 0 saturated heterocycles. The molecule has 0 fully saturated rings. The van der Waals surface area contributed by atoms with Crippen molar-refractivity contribution in [2.24, 2.45) is 11.5 Å². The molecule has 2 atom stereocenters. The van der Waals surface area contributed by atoms with Gasteiger partial charge in [-0.15, -0.1) is 0 Å². The second kappa shape index (κ2) is 5.64. The SMILES string of the molecule is CC(N)(CO)COC(=O)C[C@H](N)C(=O)O. The van der Waals surface area contributed by atoms with Crippen molar-refractivity contribution in [3.8, 4) is 0 Å². The molecule has 15 heavy (non-hydrogen) atoms. The van der Waals surface area contributed by atoms with Crippen molar-refractivity contribution in [1.82, 2.24) is 0 Å². The van der Waals surface area contributed by atoms with Crippen molar-refractivity contribution in [2.75, 3.05) is 13.2 Å². The Labute approximate surface area is 87.0 Å². The van der Waals surface area contributed by atoms with E-state index in [1.807, 2.05) is 0 Å². The highest BCUT2D eigenvalue weighted by Gasteiger charge is 2.22. The first-order valence-corrected chi connectivity index (χ1v) is 4.32. The van der Waals surface area contributed by atoms with Gasteiger partial charge in [-0.05, 0) is 6.92 Å². The van der Waals surface area contributed by atoms with Crippen LogP contribution < -0.4 is 11.5 Å². The number of rotatable bonds is 6. The van der Waals surface area contributed by atoms with E-state index in [1.165, 1.54) is 6.92 Å². The minimum Gasteiger partial charge on any atom is -0.480 e. The number of nitrogens with two attached hydrogens (primary N) is 2. The third-order valence-electron chi connectivity index (χ3n) is 1.63. The second-order valence-electron chi connectivity index (χ2n) is 3.62. The minimum atomic E-state index is -1.28. The summed E-state index contributed by atoms with van der Waals surface area (Å²) in [5, 5.41) is 17.1. The van der Waals surface area contributed by atoms with Crippen molar-refractivity contribution in [3.63, 3.8) is 0 Å². The van der Waals surface area contributed by atoms with Gasteiger partial charge in [0.15, 0.2) is 0 Å². The zero-order chi connectivity index (χ0) is 12.1. The Balaban J connectivity index is 3.91. The molecule has 0 saturated carbocycles. The molecule has 1 unspecified atom stereocenters. The van der Waals surface area contributed by atoms with Gasteiger partial charge in [0.25, 0.3) is 0 Å². The predicted molar refractivity (Wildman–Crippen MR) is 50.9 cm³/mol. The molecule has 7 nitrogen and oxygen atoms in total. The van der Waals surface area contributed by atoms with Crippen LogP contribution in [0.4, 0.5) is 0 Å². The maximum absolute atomic E-state index is 11.0. The number of aliphatic hydroxyl groups excluding tert-OH is 1. The van der Waals surface area contributed by atoms with Gasteiger partial charge in [0.1, 0.15) is 12.6 Å². The molecule has 0 aliphatic heterocycles. The van der Waals surface area contributed by atoms with Gasteiger partial charge in [-0.1, -0.05) is 0 Å². The fourth-order valence-corrected chi connectivity index (χ4v) is 0.617. The van der Waals surface area contributed by atoms with Crippen molar-refractivity contribution in [1.29, 1.82) is 0 Å². The number of carbonyl (C=O) groups is 2. The molecular weight excluding hydrogens is 204 g/mol. The number of carbonyl (C=O) groups excluding carboxylic acids is 1. The van der Waals surface area contributed by atoms with Gasteiger partial charge in [0.2, 0.25) is 0 Å². The largest absolute Gasteiger partial charge is 0.480 e. The minimum absolute atomic E-state index is 0.186. The van der Waals surface area contributed by atoms with Crippen molar-refractivity contribution in [2.45, 2.75) is 24.9 Å². The maximum Gasteiger partial charge on any atom is 0.321 e. The number of hydrogen-bond donors (Lipinski definition) is 4. The summed E-state index contributed by atoms with van der Waals surface area (Å²) in [6.07, 6.45) is -0.420. The zero-order valence-corrected chi connectivity index (χ0v) is 8.47. The van der Waals surface area contributed by atoms with E-state index in [4.69, 9.17) is 21.7 Å². The molecule has 6 N–H and O–H groups in total. The Morgan fingerprint density at radius 3 is 2.47 bits per heavy atom. The second-order valence-corrected chi connectivity index (χ2v) is 3.62. The molecule has 0 aliphatic carbocycles. The van der Waals surface area contributed by atoms with Crippen LogP contribution in [0.3, 0.4) is 0 Å². The average Bonchev–Trinajstić information content (AvgIpc) is 2.15. The number of carboxylic acid groups (broad SMARTS) is 1. The fraction of sp³-hybridized carbons (Fsp3) is 0.750. The lowest BCUT2D eigenvalue weighted by molar-refractivity contribution is -0.150. The van der Waals surface area contributed by atoms with E-state index >= 15 is 0 Å². The smallest absolute Gasteiger partial charge is 0.321 e. The molecule has 0 aromatic heterocycles. The zero-order valence-electron chi connectivity index (χ0n) is 8.47. The van der Waals surface area contributed by atoms with Gasteiger partial charge in [-0.25, -0.2) is 0 Å². The number of hydrogen-bond acceptors (Lipinski definition) is 6. The van der Waals surface area contributed by atoms with Crippen molar-refractivity contribution < 1.29 is 24.5 Å². The highest BCUT2D eigenvalue weighted by molar-refractivity contribution is 5.81. The van der Waals surface area contributed by atoms with E-state index in [2.05, 4.69) is 4.74 Å². The normalized spacial score (nSPS) is 16.5.